The molecule has 1 heterocycles. The highest BCUT2D eigenvalue weighted by Gasteiger charge is 2.25. The van der Waals surface area contributed by atoms with Gasteiger partial charge >= 0.3 is 0 Å². The number of rotatable bonds is 3. The lowest BCUT2D eigenvalue weighted by Gasteiger charge is -2.26. The summed E-state index contributed by atoms with van der Waals surface area (Å²) in [6, 6.07) is 10.9. The second-order valence-corrected chi connectivity index (χ2v) is 8.33. The lowest BCUT2D eigenvalue weighted by Crippen LogP contribution is -2.30. The standard InChI is InChI=1S/C21H25NOS/c1-2-14-10-11-19-16(12-14)13-20(24-19)21(23)22-18-9-5-7-15-6-3-4-8-17(15)18/h3-4,6,8,13-14,18H,2,5,7,9-12H2,1H3,(H,22,23)/t14-,18+/m1/s1. The Morgan fingerprint density at radius 2 is 2.08 bits per heavy atom. The number of hydrogen-bond donors (Lipinski definition) is 1. The number of nitrogens with one attached hydrogen (secondary N) is 1. The predicted octanol–water partition coefficient (Wildman–Crippen LogP) is 5.07. The van der Waals surface area contributed by atoms with Crippen LogP contribution in [0.2, 0.25) is 0 Å². The van der Waals surface area contributed by atoms with Crippen molar-refractivity contribution in [2.24, 2.45) is 5.92 Å². The zero-order valence-corrected chi connectivity index (χ0v) is 15.1. The quantitative estimate of drug-likeness (QED) is 0.831. The first-order valence-corrected chi connectivity index (χ1v) is 10.1. The van der Waals surface area contributed by atoms with E-state index >= 15 is 0 Å². The number of carbonyl (C=O) groups is 1. The zero-order chi connectivity index (χ0) is 16.5. The Morgan fingerprint density at radius 3 is 2.96 bits per heavy atom. The first-order chi connectivity index (χ1) is 11.7. The molecule has 0 fully saturated rings. The average Bonchev–Trinajstić information content (AvgIpc) is 3.05. The van der Waals surface area contributed by atoms with Gasteiger partial charge in [-0.2, -0.15) is 0 Å². The summed E-state index contributed by atoms with van der Waals surface area (Å²) in [6.07, 6.45) is 8.16. The molecule has 0 spiro atoms. The molecule has 0 saturated carbocycles. The molecule has 1 aromatic carbocycles. The Morgan fingerprint density at radius 1 is 1.21 bits per heavy atom. The summed E-state index contributed by atoms with van der Waals surface area (Å²) in [5.74, 6) is 0.914. The summed E-state index contributed by atoms with van der Waals surface area (Å²) in [7, 11) is 0. The van der Waals surface area contributed by atoms with E-state index in [0.717, 1.165) is 42.9 Å². The number of thiophene rings is 1. The van der Waals surface area contributed by atoms with Gasteiger partial charge in [0.15, 0.2) is 0 Å². The lowest BCUT2D eigenvalue weighted by atomic mass is 9.86. The molecule has 0 saturated heterocycles. The van der Waals surface area contributed by atoms with Gasteiger partial charge in [-0.1, -0.05) is 37.6 Å². The van der Waals surface area contributed by atoms with E-state index in [0.29, 0.717) is 0 Å². The normalized spacial score (nSPS) is 22.5. The van der Waals surface area contributed by atoms with Gasteiger partial charge in [0.05, 0.1) is 10.9 Å². The minimum Gasteiger partial charge on any atom is -0.345 e. The van der Waals surface area contributed by atoms with Gasteiger partial charge in [0.1, 0.15) is 0 Å². The molecule has 0 aliphatic heterocycles. The van der Waals surface area contributed by atoms with Crippen molar-refractivity contribution in [1.29, 1.82) is 0 Å². The SMILES string of the molecule is CC[C@@H]1CCc2sc(C(=O)N[C@H]3CCCc4ccccc43)cc2C1. The molecule has 1 amide bonds. The van der Waals surface area contributed by atoms with Crippen LogP contribution in [0.4, 0.5) is 0 Å². The second kappa shape index (κ2) is 6.72. The van der Waals surface area contributed by atoms with Crippen LogP contribution in [0.3, 0.4) is 0 Å². The first-order valence-electron chi connectivity index (χ1n) is 9.25. The summed E-state index contributed by atoms with van der Waals surface area (Å²) in [4.78, 5) is 15.1. The molecule has 1 N–H and O–H groups in total. The number of fused-ring (bicyclic) bond motifs is 2. The molecule has 2 atom stereocenters. The molecule has 2 nitrogen and oxygen atoms in total. The number of hydrogen-bond acceptors (Lipinski definition) is 2. The average molecular weight is 340 g/mol. The highest BCUT2D eigenvalue weighted by atomic mass is 32.1. The van der Waals surface area contributed by atoms with Gasteiger partial charge < -0.3 is 5.32 Å². The van der Waals surface area contributed by atoms with Crippen LogP contribution in [0.5, 0.6) is 0 Å². The van der Waals surface area contributed by atoms with Crippen molar-refractivity contribution in [3.8, 4) is 0 Å². The summed E-state index contributed by atoms with van der Waals surface area (Å²) in [5.41, 5.74) is 4.13. The maximum Gasteiger partial charge on any atom is 0.261 e. The number of benzene rings is 1. The van der Waals surface area contributed by atoms with Crippen LogP contribution in [-0.4, -0.2) is 5.91 Å². The summed E-state index contributed by atoms with van der Waals surface area (Å²) in [5, 5.41) is 3.30. The van der Waals surface area contributed by atoms with E-state index in [4.69, 9.17) is 0 Å². The topological polar surface area (TPSA) is 29.1 Å². The van der Waals surface area contributed by atoms with E-state index in [-0.39, 0.29) is 11.9 Å². The van der Waals surface area contributed by atoms with Gasteiger partial charge in [-0.3, -0.25) is 4.79 Å². The predicted molar refractivity (Wildman–Crippen MR) is 99.7 cm³/mol. The molecule has 0 unspecified atom stereocenters. The van der Waals surface area contributed by atoms with Crippen molar-refractivity contribution in [1.82, 2.24) is 5.32 Å². The minimum absolute atomic E-state index is 0.115. The molecule has 126 valence electrons. The molecular formula is C21H25NOS. The Kier molecular flexibility index (Phi) is 4.45. The van der Waals surface area contributed by atoms with E-state index in [9.17, 15) is 4.79 Å². The smallest absolute Gasteiger partial charge is 0.261 e. The molecule has 1 aromatic heterocycles. The van der Waals surface area contributed by atoms with E-state index < -0.39 is 0 Å². The van der Waals surface area contributed by atoms with Crippen LogP contribution >= 0.6 is 11.3 Å². The van der Waals surface area contributed by atoms with Crippen molar-refractivity contribution in [2.75, 3.05) is 0 Å². The number of aryl methyl sites for hydroxylation is 2. The zero-order valence-electron chi connectivity index (χ0n) is 14.3. The molecule has 0 bridgehead atoms. The molecule has 2 aromatic rings. The van der Waals surface area contributed by atoms with Crippen molar-refractivity contribution in [3.63, 3.8) is 0 Å². The fraction of sp³-hybridized carbons (Fsp3) is 0.476. The van der Waals surface area contributed by atoms with E-state index in [1.165, 1.54) is 34.4 Å². The second-order valence-electron chi connectivity index (χ2n) is 7.19. The third kappa shape index (κ3) is 3.02. The fourth-order valence-corrected chi connectivity index (χ4v) is 5.30. The van der Waals surface area contributed by atoms with Crippen molar-refractivity contribution in [2.45, 2.75) is 57.9 Å². The van der Waals surface area contributed by atoms with Crippen LogP contribution in [0, 0.1) is 5.92 Å². The van der Waals surface area contributed by atoms with Crippen LogP contribution < -0.4 is 5.32 Å². The third-order valence-corrected chi connectivity index (χ3v) is 6.90. The lowest BCUT2D eigenvalue weighted by molar-refractivity contribution is 0.0937. The van der Waals surface area contributed by atoms with Gasteiger partial charge in [-0.25, -0.2) is 0 Å². The molecule has 24 heavy (non-hydrogen) atoms. The van der Waals surface area contributed by atoms with Crippen molar-refractivity contribution >= 4 is 17.2 Å². The van der Waals surface area contributed by atoms with Crippen LogP contribution in [-0.2, 0) is 19.3 Å². The Bertz CT molecular complexity index is 748. The van der Waals surface area contributed by atoms with Crippen molar-refractivity contribution in [3.05, 3.63) is 56.8 Å². The third-order valence-electron chi connectivity index (χ3n) is 5.66. The molecule has 2 aliphatic rings. The largest absolute Gasteiger partial charge is 0.345 e. The molecule has 0 radical (unpaired) electrons. The molecule has 4 rings (SSSR count). The monoisotopic (exact) mass is 339 g/mol. The molecular weight excluding hydrogens is 314 g/mol. The summed E-state index contributed by atoms with van der Waals surface area (Å²) < 4.78 is 0. The fourth-order valence-electron chi connectivity index (χ4n) is 4.19. The van der Waals surface area contributed by atoms with Crippen molar-refractivity contribution < 1.29 is 4.79 Å². The highest BCUT2D eigenvalue weighted by Crippen LogP contribution is 2.34. The maximum absolute atomic E-state index is 12.8. The minimum atomic E-state index is 0.115. The van der Waals surface area contributed by atoms with Crippen LogP contribution in [0.1, 0.15) is 69.9 Å². The van der Waals surface area contributed by atoms with E-state index in [1.807, 2.05) is 0 Å². The van der Waals surface area contributed by atoms with Gasteiger partial charge in [-0.05, 0) is 67.2 Å². The van der Waals surface area contributed by atoms with Crippen LogP contribution in [0.25, 0.3) is 0 Å². The number of carbonyl (C=O) groups excluding carboxylic acids is 1. The first kappa shape index (κ1) is 15.9. The molecule has 3 heteroatoms. The Labute approximate surface area is 148 Å². The number of amides is 1. The maximum atomic E-state index is 12.8. The highest BCUT2D eigenvalue weighted by molar-refractivity contribution is 7.14. The van der Waals surface area contributed by atoms with Crippen LogP contribution in [0.15, 0.2) is 30.3 Å². The van der Waals surface area contributed by atoms with Gasteiger partial charge in [0.2, 0.25) is 0 Å². The van der Waals surface area contributed by atoms with E-state index in [1.54, 1.807) is 11.3 Å². The summed E-state index contributed by atoms with van der Waals surface area (Å²) in [6.45, 7) is 2.27. The van der Waals surface area contributed by atoms with Gasteiger partial charge in [-0.15, -0.1) is 11.3 Å². The van der Waals surface area contributed by atoms with Gasteiger partial charge in [0.25, 0.3) is 5.91 Å². The Balaban J connectivity index is 1.51. The summed E-state index contributed by atoms with van der Waals surface area (Å²) >= 11 is 1.71. The van der Waals surface area contributed by atoms with Gasteiger partial charge in [0, 0.05) is 4.88 Å². The molecule has 2 aliphatic carbocycles. The Hall–Kier alpha value is -1.61. The van der Waals surface area contributed by atoms with E-state index in [2.05, 4.69) is 42.6 Å².